The summed E-state index contributed by atoms with van der Waals surface area (Å²) in [5, 5.41) is 4.84. The van der Waals surface area contributed by atoms with Crippen LogP contribution in [-0.4, -0.2) is 34.7 Å². The zero-order valence-electron chi connectivity index (χ0n) is 14.7. The molecule has 1 saturated carbocycles. The van der Waals surface area contributed by atoms with Crippen molar-refractivity contribution in [1.82, 2.24) is 34.7 Å². The van der Waals surface area contributed by atoms with Crippen molar-refractivity contribution in [3.63, 3.8) is 0 Å². The first kappa shape index (κ1) is 15.8. The fraction of sp³-hybridized carbons (Fsp3) is 0.263. The first-order valence-electron chi connectivity index (χ1n) is 8.88. The Morgan fingerprint density at radius 3 is 2.67 bits per heavy atom. The third-order valence-corrected chi connectivity index (χ3v) is 5.24. The van der Waals surface area contributed by atoms with Crippen LogP contribution in [0.5, 0.6) is 0 Å². The third kappa shape index (κ3) is 2.52. The minimum absolute atomic E-state index is 0.0999. The lowest BCUT2D eigenvalue weighted by Crippen LogP contribution is -2.27. The summed E-state index contributed by atoms with van der Waals surface area (Å²) in [4.78, 5) is 33.3. The third-order valence-electron chi connectivity index (χ3n) is 5.24. The van der Waals surface area contributed by atoms with Gasteiger partial charge in [0.25, 0.3) is 5.56 Å². The number of aryl methyl sites for hydroxylation is 1. The van der Waals surface area contributed by atoms with E-state index < -0.39 is 0 Å². The summed E-state index contributed by atoms with van der Waals surface area (Å²) in [5.41, 5.74) is 2.19. The average molecular weight is 359 g/mol. The predicted octanol–water partition coefficient (Wildman–Crippen LogP) is 2.26. The number of rotatable bonds is 3. The van der Waals surface area contributed by atoms with Crippen LogP contribution in [0.25, 0.3) is 16.7 Å². The van der Waals surface area contributed by atoms with Gasteiger partial charge in [0.05, 0.1) is 18.1 Å². The fourth-order valence-corrected chi connectivity index (χ4v) is 3.60. The highest BCUT2D eigenvalue weighted by Crippen LogP contribution is 2.46. The van der Waals surface area contributed by atoms with Gasteiger partial charge >= 0.3 is 0 Å². The molecular weight excluding hydrogens is 342 g/mol. The van der Waals surface area contributed by atoms with Crippen LogP contribution in [0.2, 0.25) is 0 Å². The Morgan fingerprint density at radius 2 is 1.93 bits per heavy atom. The van der Waals surface area contributed by atoms with Crippen LogP contribution in [0, 0.1) is 6.92 Å². The van der Waals surface area contributed by atoms with Crippen LogP contribution < -0.4 is 5.56 Å². The molecule has 4 aromatic heterocycles. The quantitative estimate of drug-likeness (QED) is 0.602. The van der Waals surface area contributed by atoms with Gasteiger partial charge in [-0.2, -0.15) is 5.10 Å². The second-order valence-corrected chi connectivity index (χ2v) is 6.80. The Bertz CT molecular complexity index is 1180. The summed E-state index contributed by atoms with van der Waals surface area (Å²) in [6.45, 7) is 1.98. The molecule has 0 saturated heterocycles. The molecule has 1 aliphatic rings. The molecule has 0 amide bonds. The lowest BCUT2D eigenvalue weighted by atomic mass is 9.72. The first-order chi connectivity index (χ1) is 13.2. The van der Waals surface area contributed by atoms with Gasteiger partial charge in [0.2, 0.25) is 0 Å². The SMILES string of the molecule is Cc1ccncc1-n1ncc2c(=O)[nH]c([C@@H]3CC[C@H]3c3ncccn3)nc21. The minimum Gasteiger partial charge on any atom is -0.310 e. The molecule has 0 aromatic carbocycles. The summed E-state index contributed by atoms with van der Waals surface area (Å²) < 4.78 is 1.68. The van der Waals surface area contributed by atoms with Crippen LogP contribution >= 0.6 is 0 Å². The van der Waals surface area contributed by atoms with Crippen LogP contribution in [0.3, 0.4) is 0 Å². The molecule has 0 spiro atoms. The Kier molecular flexibility index (Phi) is 3.56. The molecule has 134 valence electrons. The predicted molar refractivity (Wildman–Crippen MR) is 98.8 cm³/mol. The number of nitrogens with one attached hydrogen (secondary N) is 1. The molecule has 0 radical (unpaired) electrons. The van der Waals surface area contributed by atoms with Crippen LogP contribution in [0.4, 0.5) is 0 Å². The normalized spacial score (nSPS) is 19.1. The molecule has 27 heavy (non-hydrogen) atoms. The van der Waals surface area contributed by atoms with E-state index in [0.29, 0.717) is 16.9 Å². The van der Waals surface area contributed by atoms with Crippen molar-refractivity contribution in [3.05, 3.63) is 70.7 Å². The van der Waals surface area contributed by atoms with E-state index in [2.05, 4.69) is 25.0 Å². The molecule has 0 aliphatic heterocycles. The molecule has 0 bridgehead atoms. The maximum atomic E-state index is 12.6. The summed E-state index contributed by atoms with van der Waals surface area (Å²) >= 11 is 0. The molecule has 4 heterocycles. The molecule has 4 aromatic rings. The number of nitrogens with zero attached hydrogens (tertiary/aromatic N) is 6. The van der Waals surface area contributed by atoms with Gasteiger partial charge < -0.3 is 4.98 Å². The summed E-state index contributed by atoms with van der Waals surface area (Å²) in [7, 11) is 0. The summed E-state index contributed by atoms with van der Waals surface area (Å²) in [5.74, 6) is 1.73. The number of aromatic amines is 1. The fourth-order valence-electron chi connectivity index (χ4n) is 3.60. The summed E-state index contributed by atoms with van der Waals surface area (Å²) in [6, 6.07) is 3.71. The zero-order chi connectivity index (χ0) is 18.4. The lowest BCUT2D eigenvalue weighted by Gasteiger charge is -2.34. The van der Waals surface area contributed by atoms with Gasteiger partial charge in [-0.25, -0.2) is 19.6 Å². The van der Waals surface area contributed by atoms with E-state index in [0.717, 1.165) is 29.9 Å². The minimum atomic E-state index is -0.178. The number of pyridine rings is 1. The smallest absolute Gasteiger partial charge is 0.262 e. The van der Waals surface area contributed by atoms with Gasteiger partial charge in [-0.3, -0.25) is 9.78 Å². The van der Waals surface area contributed by atoms with Gasteiger partial charge in [0, 0.05) is 30.4 Å². The van der Waals surface area contributed by atoms with E-state index in [1.807, 2.05) is 13.0 Å². The molecule has 2 atom stereocenters. The number of fused-ring (bicyclic) bond motifs is 1. The highest BCUT2D eigenvalue weighted by molar-refractivity contribution is 5.75. The molecule has 1 fully saturated rings. The van der Waals surface area contributed by atoms with E-state index in [9.17, 15) is 4.79 Å². The van der Waals surface area contributed by atoms with Gasteiger partial charge in [-0.05, 0) is 37.5 Å². The molecular formula is C19H17N7O. The topological polar surface area (TPSA) is 102 Å². The van der Waals surface area contributed by atoms with E-state index in [-0.39, 0.29) is 17.4 Å². The van der Waals surface area contributed by atoms with Gasteiger partial charge in [-0.1, -0.05) is 0 Å². The molecule has 1 aliphatic carbocycles. The molecule has 0 unspecified atom stereocenters. The molecule has 5 rings (SSSR count). The van der Waals surface area contributed by atoms with E-state index in [4.69, 9.17) is 4.98 Å². The van der Waals surface area contributed by atoms with Crippen LogP contribution in [-0.2, 0) is 0 Å². The van der Waals surface area contributed by atoms with Crippen molar-refractivity contribution < 1.29 is 0 Å². The van der Waals surface area contributed by atoms with Gasteiger partial charge in [0.15, 0.2) is 5.65 Å². The van der Waals surface area contributed by atoms with Crippen molar-refractivity contribution in [1.29, 1.82) is 0 Å². The highest BCUT2D eigenvalue weighted by atomic mass is 16.1. The standard InChI is InChI=1S/C19H17N7O/c1-11-5-8-20-10-15(11)26-18-14(9-23-26)19(27)25-17(24-18)13-4-3-12(13)16-21-6-2-7-22-16/h2,5-10,12-13H,3-4H2,1H3,(H,24,25,27)/t12-,13-/m1/s1. The Morgan fingerprint density at radius 1 is 1.11 bits per heavy atom. The van der Waals surface area contributed by atoms with Crippen molar-refractivity contribution in [3.8, 4) is 5.69 Å². The van der Waals surface area contributed by atoms with E-state index >= 15 is 0 Å². The Hall–Kier alpha value is -3.42. The summed E-state index contributed by atoms with van der Waals surface area (Å²) in [6.07, 6.45) is 10.4. The van der Waals surface area contributed by atoms with Gasteiger partial charge in [0.1, 0.15) is 17.0 Å². The van der Waals surface area contributed by atoms with E-state index in [1.165, 1.54) is 0 Å². The van der Waals surface area contributed by atoms with Crippen molar-refractivity contribution in [2.45, 2.75) is 31.6 Å². The molecule has 1 N–H and O–H groups in total. The second kappa shape index (κ2) is 6.08. The van der Waals surface area contributed by atoms with Crippen LogP contribution in [0.15, 0.2) is 47.9 Å². The maximum Gasteiger partial charge on any atom is 0.262 e. The average Bonchev–Trinajstić information content (AvgIpc) is 3.06. The Balaban J connectivity index is 1.62. The molecule has 8 nitrogen and oxygen atoms in total. The lowest BCUT2D eigenvalue weighted by molar-refractivity contribution is 0.319. The van der Waals surface area contributed by atoms with Gasteiger partial charge in [-0.15, -0.1) is 0 Å². The zero-order valence-corrected chi connectivity index (χ0v) is 14.7. The Labute approximate surface area is 154 Å². The van der Waals surface area contributed by atoms with Crippen molar-refractivity contribution in [2.75, 3.05) is 0 Å². The largest absolute Gasteiger partial charge is 0.310 e. The first-order valence-corrected chi connectivity index (χ1v) is 8.88. The number of hydrogen-bond acceptors (Lipinski definition) is 6. The second-order valence-electron chi connectivity index (χ2n) is 6.80. The maximum absolute atomic E-state index is 12.6. The van der Waals surface area contributed by atoms with Crippen molar-refractivity contribution >= 4 is 11.0 Å². The number of aromatic nitrogens is 7. The number of hydrogen-bond donors (Lipinski definition) is 1. The van der Waals surface area contributed by atoms with Crippen LogP contribution in [0.1, 0.15) is 41.9 Å². The highest BCUT2D eigenvalue weighted by Gasteiger charge is 2.37. The van der Waals surface area contributed by atoms with Crippen molar-refractivity contribution in [2.24, 2.45) is 0 Å². The molecule has 8 heteroatoms. The monoisotopic (exact) mass is 359 g/mol. The van der Waals surface area contributed by atoms with E-state index in [1.54, 1.807) is 41.7 Å². The number of H-pyrrole nitrogens is 1.